The largest absolute Gasteiger partial charge is 0.540 e. The number of anilines is 1. The summed E-state index contributed by atoms with van der Waals surface area (Å²) in [6.07, 6.45) is 2.97. The van der Waals surface area contributed by atoms with Gasteiger partial charge < -0.3 is 14.0 Å². The van der Waals surface area contributed by atoms with Gasteiger partial charge in [0.1, 0.15) is 0 Å². The Balaban J connectivity index is 1.41. The van der Waals surface area contributed by atoms with E-state index in [0.29, 0.717) is 38.3 Å². The summed E-state index contributed by atoms with van der Waals surface area (Å²) in [5.41, 5.74) is 1.44. The van der Waals surface area contributed by atoms with E-state index in [1.807, 2.05) is 24.3 Å². The number of imide groups is 1. The van der Waals surface area contributed by atoms with Crippen LogP contribution in [0.2, 0.25) is 0 Å². The Morgan fingerprint density at radius 2 is 1.62 bits per heavy atom. The van der Waals surface area contributed by atoms with Crippen molar-refractivity contribution in [3.8, 4) is 0 Å². The number of carbonyl (C=O) groups is 2. The van der Waals surface area contributed by atoms with E-state index in [4.69, 9.17) is 14.0 Å². The van der Waals surface area contributed by atoms with Gasteiger partial charge in [0.25, 0.3) is 0 Å². The summed E-state index contributed by atoms with van der Waals surface area (Å²) in [5.74, 6) is -0.935. The second kappa shape index (κ2) is 5.52. The van der Waals surface area contributed by atoms with Crippen molar-refractivity contribution in [1.82, 2.24) is 0 Å². The second-order valence-electron chi connectivity index (χ2n) is 8.17. The van der Waals surface area contributed by atoms with E-state index < -0.39 is 6.75 Å². The van der Waals surface area contributed by atoms with Crippen molar-refractivity contribution in [3.63, 3.8) is 0 Å². The Kier molecular flexibility index (Phi) is 3.45. The molecule has 4 saturated heterocycles. The van der Waals surface area contributed by atoms with Gasteiger partial charge in [0, 0.05) is 25.2 Å². The first kappa shape index (κ1) is 16.2. The van der Waals surface area contributed by atoms with E-state index in [1.54, 1.807) is 12.1 Å². The van der Waals surface area contributed by atoms with Gasteiger partial charge in [-0.3, -0.25) is 14.5 Å². The fourth-order valence-electron chi connectivity index (χ4n) is 4.54. The molecule has 0 spiro atoms. The van der Waals surface area contributed by atoms with Crippen LogP contribution in [0.1, 0.15) is 19.8 Å². The Bertz CT molecular complexity index is 783. The normalized spacial score (nSPS) is 39.1. The van der Waals surface area contributed by atoms with Crippen molar-refractivity contribution >= 4 is 24.3 Å². The molecule has 4 fully saturated rings. The van der Waals surface area contributed by atoms with Crippen LogP contribution < -0.4 is 4.90 Å². The Labute approximate surface area is 152 Å². The topological polar surface area (TPSA) is 65.1 Å². The molecule has 4 aliphatic heterocycles. The summed E-state index contributed by atoms with van der Waals surface area (Å²) in [4.78, 5) is 27.1. The lowest BCUT2D eigenvalue weighted by Crippen LogP contribution is -2.64. The van der Waals surface area contributed by atoms with Crippen LogP contribution in [-0.4, -0.2) is 38.4 Å². The van der Waals surface area contributed by atoms with Gasteiger partial charge >= 0.3 is 6.75 Å². The van der Waals surface area contributed by atoms with Crippen molar-refractivity contribution in [2.75, 3.05) is 24.7 Å². The van der Waals surface area contributed by atoms with Crippen LogP contribution in [-0.2, 0) is 23.6 Å². The summed E-state index contributed by atoms with van der Waals surface area (Å²) in [6, 6.07) is 9.13. The maximum absolute atomic E-state index is 13.0. The first-order chi connectivity index (χ1) is 12.5. The van der Waals surface area contributed by atoms with Crippen LogP contribution in [0.3, 0.4) is 0 Å². The van der Waals surface area contributed by atoms with Crippen molar-refractivity contribution in [1.29, 1.82) is 0 Å². The van der Waals surface area contributed by atoms with Crippen LogP contribution in [0, 0.1) is 17.3 Å². The standard InChI is InChI=1S/C19H21BNO5/c1-19-10-24-20(25-11-19,26-12-19)13-7-8-15-16(9-13)18(23)21(17(15)22)14-5-3-2-4-6-14/h2-7,15-16H,8-12H2,1H3/q-1. The molecule has 136 valence electrons. The monoisotopic (exact) mass is 354 g/mol. The van der Waals surface area contributed by atoms with Gasteiger partial charge in [-0.15, -0.1) is 11.5 Å². The number of para-hydroxylation sites is 1. The van der Waals surface area contributed by atoms with E-state index in [0.717, 1.165) is 5.47 Å². The molecule has 4 heterocycles. The van der Waals surface area contributed by atoms with Crippen LogP contribution in [0.15, 0.2) is 41.9 Å². The van der Waals surface area contributed by atoms with Gasteiger partial charge in [0.15, 0.2) is 0 Å². The second-order valence-corrected chi connectivity index (χ2v) is 8.17. The van der Waals surface area contributed by atoms with Crippen LogP contribution in [0.25, 0.3) is 0 Å². The number of amides is 2. The molecule has 5 aliphatic rings. The molecule has 6 rings (SSSR count). The molecule has 2 atom stereocenters. The first-order valence-corrected chi connectivity index (χ1v) is 9.19. The molecule has 0 aromatic heterocycles. The summed E-state index contributed by atoms with van der Waals surface area (Å²) >= 11 is 0. The molecule has 1 aliphatic carbocycles. The third-order valence-corrected chi connectivity index (χ3v) is 6.07. The SMILES string of the molecule is CC12CO[B-](C3=CCC4C(=O)N(c5ccccc5)C(=O)C4C3)(OC1)OC2. The molecule has 26 heavy (non-hydrogen) atoms. The third-order valence-electron chi connectivity index (χ3n) is 6.07. The fourth-order valence-corrected chi connectivity index (χ4v) is 4.54. The van der Waals surface area contributed by atoms with E-state index >= 15 is 0 Å². The smallest absolute Gasteiger partial charge is 0.405 e. The maximum atomic E-state index is 13.0. The molecule has 0 radical (unpaired) electrons. The number of benzene rings is 1. The molecular formula is C19H21BNO5-. The van der Waals surface area contributed by atoms with E-state index in [2.05, 4.69) is 6.92 Å². The zero-order valence-electron chi connectivity index (χ0n) is 14.7. The number of carbonyl (C=O) groups excluding carboxylic acids is 2. The zero-order valence-corrected chi connectivity index (χ0v) is 14.7. The van der Waals surface area contributed by atoms with Crippen molar-refractivity contribution < 1.29 is 23.6 Å². The summed E-state index contributed by atoms with van der Waals surface area (Å²) < 4.78 is 17.9. The first-order valence-electron chi connectivity index (χ1n) is 9.19. The van der Waals surface area contributed by atoms with Gasteiger partial charge in [-0.05, 0) is 25.0 Å². The molecule has 2 amide bonds. The quantitative estimate of drug-likeness (QED) is 0.601. The predicted octanol–water partition coefficient (Wildman–Crippen LogP) is 2.07. The molecule has 0 N–H and O–H groups in total. The highest BCUT2D eigenvalue weighted by Gasteiger charge is 2.53. The lowest BCUT2D eigenvalue weighted by Gasteiger charge is -2.59. The number of hydrogen-bond donors (Lipinski definition) is 0. The summed E-state index contributed by atoms with van der Waals surface area (Å²) in [6.45, 7) is 1.94. The molecular weight excluding hydrogens is 333 g/mol. The van der Waals surface area contributed by atoms with E-state index in [1.165, 1.54) is 4.90 Å². The fraction of sp³-hybridized carbons (Fsp3) is 0.474. The van der Waals surface area contributed by atoms with Gasteiger partial charge in [0.2, 0.25) is 11.8 Å². The highest BCUT2D eigenvalue weighted by atomic mass is 16.8. The van der Waals surface area contributed by atoms with Gasteiger partial charge in [-0.2, -0.15) is 0 Å². The van der Waals surface area contributed by atoms with E-state index in [-0.39, 0.29) is 29.1 Å². The molecule has 0 saturated carbocycles. The lowest BCUT2D eigenvalue weighted by atomic mass is 9.58. The number of rotatable bonds is 2. The summed E-state index contributed by atoms with van der Waals surface area (Å²) in [5, 5.41) is 0. The number of nitrogens with zero attached hydrogens (tertiary/aromatic N) is 1. The van der Waals surface area contributed by atoms with Crippen molar-refractivity contribution in [2.24, 2.45) is 17.3 Å². The molecule has 1 aromatic carbocycles. The zero-order chi connectivity index (χ0) is 17.9. The third kappa shape index (κ3) is 2.24. The van der Waals surface area contributed by atoms with Gasteiger partial charge in [-0.25, -0.2) is 0 Å². The van der Waals surface area contributed by atoms with E-state index in [9.17, 15) is 9.59 Å². The minimum atomic E-state index is -1.94. The number of allylic oxidation sites excluding steroid dienone is 2. The molecule has 1 aromatic rings. The average Bonchev–Trinajstić information content (AvgIpc) is 2.93. The Morgan fingerprint density at radius 1 is 1.00 bits per heavy atom. The maximum Gasteiger partial charge on any atom is 0.405 e. The molecule has 2 bridgehead atoms. The number of hydrogen-bond acceptors (Lipinski definition) is 5. The van der Waals surface area contributed by atoms with Crippen LogP contribution in [0.4, 0.5) is 5.69 Å². The van der Waals surface area contributed by atoms with Crippen LogP contribution >= 0.6 is 0 Å². The Hall–Kier alpha value is -1.96. The summed E-state index contributed by atoms with van der Waals surface area (Å²) in [7, 11) is 0. The molecule has 6 nitrogen and oxygen atoms in total. The highest BCUT2D eigenvalue weighted by Crippen LogP contribution is 2.46. The lowest BCUT2D eigenvalue weighted by molar-refractivity contribution is -0.125. The van der Waals surface area contributed by atoms with Crippen molar-refractivity contribution in [3.05, 3.63) is 41.9 Å². The van der Waals surface area contributed by atoms with Crippen LogP contribution in [0.5, 0.6) is 0 Å². The van der Waals surface area contributed by atoms with Gasteiger partial charge in [-0.1, -0.05) is 25.1 Å². The molecule has 7 heteroatoms. The van der Waals surface area contributed by atoms with Gasteiger partial charge in [0.05, 0.1) is 17.5 Å². The number of fused-ring (bicyclic) bond motifs is 4. The molecule has 2 unspecified atom stereocenters. The predicted molar refractivity (Wildman–Crippen MR) is 94.9 cm³/mol. The average molecular weight is 354 g/mol. The minimum Gasteiger partial charge on any atom is -0.540 e. The Morgan fingerprint density at radius 3 is 2.27 bits per heavy atom. The minimum absolute atomic E-state index is 0.0927. The highest BCUT2D eigenvalue weighted by molar-refractivity contribution is 6.69. The van der Waals surface area contributed by atoms with Crippen molar-refractivity contribution in [2.45, 2.75) is 19.8 Å².